The molecule has 0 bridgehead atoms. The van der Waals surface area contributed by atoms with Crippen molar-refractivity contribution in [1.82, 2.24) is 4.90 Å². The van der Waals surface area contributed by atoms with E-state index in [0.717, 1.165) is 19.4 Å². The molecule has 1 heterocycles. The number of piperidine rings is 1. The third-order valence-corrected chi connectivity index (χ3v) is 4.55. The summed E-state index contributed by atoms with van der Waals surface area (Å²) in [7, 11) is 2.11. The highest BCUT2D eigenvalue weighted by Crippen LogP contribution is 2.28. The Morgan fingerprint density at radius 3 is 2.89 bits per heavy atom. The predicted molar refractivity (Wildman–Crippen MR) is 77.6 cm³/mol. The fourth-order valence-electron chi connectivity index (χ4n) is 2.39. The lowest BCUT2D eigenvalue weighted by atomic mass is 9.98. The molecular formula is C14H17BrFN3. The SMILES string of the molecule is CC1CC(Nc2ccc(C#N)c(Br)c2F)CCN1C. The third-order valence-electron chi connectivity index (χ3n) is 3.77. The van der Waals surface area contributed by atoms with Gasteiger partial charge >= 0.3 is 0 Å². The zero-order valence-corrected chi connectivity index (χ0v) is 12.7. The molecule has 1 aromatic rings. The van der Waals surface area contributed by atoms with E-state index in [-0.39, 0.29) is 16.3 Å². The normalized spacial score (nSPS) is 23.9. The molecule has 2 unspecified atom stereocenters. The molecule has 5 heteroatoms. The molecule has 2 rings (SSSR count). The van der Waals surface area contributed by atoms with Crippen molar-refractivity contribution in [2.45, 2.75) is 31.8 Å². The van der Waals surface area contributed by atoms with E-state index in [4.69, 9.17) is 5.26 Å². The highest BCUT2D eigenvalue weighted by atomic mass is 79.9. The van der Waals surface area contributed by atoms with E-state index in [2.05, 4.69) is 40.1 Å². The Morgan fingerprint density at radius 1 is 1.53 bits per heavy atom. The van der Waals surface area contributed by atoms with Gasteiger partial charge in [-0.15, -0.1) is 0 Å². The minimum absolute atomic E-state index is 0.237. The number of hydrogen-bond acceptors (Lipinski definition) is 3. The zero-order valence-electron chi connectivity index (χ0n) is 11.1. The maximum Gasteiger partial charge on any atom is 0.161 e. The highest BCUT2D eigenvalue weighted by molar-refractivity contribution is 9.10. The van der Waals surface area contributed by atoms with Crippen LogP contribution in [0.5, 0.6) is 0 Å². The van der Waals surface area contributed by atoms with Crippen LogP contribution in [0.1, 0.15) is 25.3 Å². The predicted octanol–water partition coefficient (Wildman–Crippen LogP) is 3.35. The van der Waals surface area contributed by atoms with E-state index in [9.17, 15) is 4.39 Å². The molecule has 2 atom stereocenters. The summed E-state index contributed by atoms with van der Waals surface area (Å²) in [5, 5.41) is 12.1. The molecule has 1 aliphatic heterocycles. The molecule has 0 aliphatic carbocycles. The number of benzene rings is 1. The second-order valence-electron chi connectivity index (χ2n) is 5.10. The van der Waals surface area contributed by atoms with E-state index in [1.807, 2.05) is 6.07 Å². The third kappa shape index (κ3) is 3.07. The quantitative estimate of drug-likeness (QED) is 0.906. The Hall–Kier alpha value is -1.12. The highest BCUT2D eigenvalue weighted by Gasteiger charge is 2.23. The number of nitrogens with zero attached hydrogens (tertiary/aromatic N) is 2. The summed E-state index contributed by atoms with van der Waals surface area (Å²) >= 11 is 3.13. The molecule has 1 aliphatic rings. The summed E-state index contributed by atoms with van der Waals surface area (Å²) in [5.74, 6) is -0.384. The van der Waals surface area contributed by atoms with Gasteiger partial charge in [0.25, 0.3) is 0 Å². The summed E-state index contributed by atoms with van der Waals surface area (Å²) < 4.78 is 14.3. The number of halogens is 2. The van der Waals surface area contributed by atoms with Crippen molar-refractivity contribution in [2.75, 3.05) is 18.9 Å². The van der Waals surface area contributed by atoms with Crippen molar-refractivity contribution >= 4 is 21.6 Å². The Kier molecular flexibility index (Phi) is 4.43. The lowest BCUT2D eigenvalue weighted by molar-refractivity contribution is 0.190. The second-order valence-corrected chi connectivity index (χ2v) is 5.89. The first-order chi connectivity index (χ1) is 9.02. The fourth-order valence-corrected chi connectivity index (χ4v) is 2.82. The van der Waals surface area contributed by atoms with Gasteiger partial charge in [-0.1, -0.05) is 0 Å². The molecule has 0 amide bonds. The van der Waals surface area contributed by atoms with E-state index >= 15 is 0 Å². The molecular weight excluding hydrogens is 309 g/mol. The summed E-state index contributed by atoms with van der Waals surface area (Å²) in [6, 6.07) is 6.01. The van der Waals surface area contributed by atoms with Gasteiger partial charge in [0, 0.05) is 18.6 Å². The molecule has 0 spiro atoms. The molecule has 0 saturated carbocycles. The molecule has 1 aromatic carbocycles. The largest absolute Gasteiger partial charge is 0.380 e. The van der Waals surface area contributed by atoms with Crippen LogP contribution in [-0.2, 0) is 0 Å². The number of nitrogens with one attached hydrogen (secondary N) is 1. The number of anilines is 1. The molecule has 0 radical (unpaired) electrons. The van der Waals surface area contributed by atoms with Crippen molar-refractivity contribution in [3.63, 3.8) is 0 Å². The molecule has 3 nitrogen and oxygen atoms in total. The molecule has 1 saturated heterocycles. The topological polar surface area (TPSA) is 39.1 Å². The first-order valence-electron chi connectivity index (χ1n) is 6.37. The van der Waals surface area contributed by atoms with Gasteiger partial charge in [0.15, 0.2) is 5.82 Å². The van der Waals surface area contributed by atoms with Crippen LogP contribution in [0.25, 0.3) is 0 Å². The van der Waals surface area contributed by atoms with E-state index in [0.29, 0.717) is 17.3 Å². The summed E-state index contributed by atoms with van der Waals surface area (Å²) in [5.41, 5.74) is 0.785. The zero-order chi connectivity index (χ0) is 14.0. The molecule has 102 valence electrons. The lowest BCUT2D eigenvalue weighted by Crippen LogP contribution is -2.42. The smallest absolute Gasteiger partial charge is 0.161 e. The van der Waals surface area contributed by atoms with Crippen LogP contribution >= 0.6 is 15.9 Å². The standard InChI is InChI=1S/C14H17BrFN3/c1-9-7-11(5-6-19(9)2)18-12-4-3-10(8-17)13(15)14(12)16/h3-4,9,11,18H,5-7H2,1-2H3. The van der Waals surface area contributed by atoms with Crippen LogP contribution in [0.2, 0.25) is 0 Å². The summed E-state index contributed by atoms with van der Waals surface area (Å²) in [4.78, 5) is 2.31. The first-order valence-corrected chi connectivity index (χ1v) is 7.17. The van der Waals surface area contributed by atoms with Crippen molar-refractivity contribution in [2.24, 2.45) is 0 Å². The van der Waals surface area contributed by atoms with Gasteiger partial charge in [0.1, 0.15) is 6.07 Å². The van der Waals surface area contributed by atoms with Crippen LogP contribution in [0, 0.1) is 17.1 Å². The average Bonchev–Trinajstić information content (AvgIpc) is 2.40. The van der Waals surface area contributed by atoms with Gasteiger partial charge < -0.3 is 10.2 Å². The Labute approximate surface area is 121 Å². The maximum atomic E-state index is 14.1. The van der Waals surface area contributed by atoms with Gasteiger partial charge in [-0.2, -0.15) is 5.26 Å². The van der Waals surface area contributed by atoms with Crippen LogP contribution in [0.15, 0.2) is 16.6 Å². The van der Waals surface area contributed by atoms with Crippen LogP contribution < -0.4 is 5.32 Å². The van der Waals surface area contributed by atoms with Crippen molar-refractivity contribution in [3.05, 3.63) is 28.0 Å². The Morgan fingerprint density at radius 2 is 2.26 bits per heavy atom. The van der Waals surface area contributed by atoms with Gasteiger partial charge in [-0.25, -0.2) is 4.39 Å². The van der Waals surface area contributed by atoms with E-state index in [1.54, 1.807) is 12.1 Å². The van der Waals surface area contributed by atoms with E-state index < -0.39 is 0 Å². The second kappa shape index (κ2) is 5.89. The van der Waals surface area contributed by atoms with E-state index in [1.165, 1.54) is 0 Å². The maximum absolute atomic E-state index is 14.1. The minimum Gasteiger partial charge on any atom is -0.380 e. The van der Waals surface area contributed by atoms with Crippen molar-refractivity contribution < 1.29 is 4.39 Å². The van der Waals surface area contributed by atoms with Crippen LogP contribution in [-0.4, -0.2) is 30.6 Å². The summed E-state index contributed by atoms with van der Waals surface area (Å²) in [6.45, 7) is 3.19. The Balaban J connectivity index is 2.12. The summed E-state index contributed by atoms with van der Waals surface area (Å²) in [6.07, 6.45) is 1.99. The molecule has 0 aromatic heterocycles. The Bertz CT molecular complexity index is 512. The van der Waals surface area contributed by atoms with Gasteiger partial charge in [0.05, 0.1) is 15.7 Å². The first kappa shape index (κ1) is 14.3. The molecule has 1 fully saturated rings. The number of likely N-dealkylation sites (tertiary alicyclic amines) is 1. The monoisotopic (exact) mass is 325 g/mol. The lowest BCUT2D eigenvalue weighted by Gasteiger charge is -2.35. The van der Waals surface area contributed by atoms with Gasteiger partial charge in [-0.3, -0.25) is 0 Å². The van der Waals surface area contributed by atoms with Crippen molar-refractivity contribution in [1.29, 1.82) is 5.26 Å². The van der Waals surface area contributed by atoms with Gasteiger partial charge in [0.2, 0.25) is 0 Å². The minimum atomic E-state index is -0.384. The molecule has 1 N–H and O–H groups in total. The van der Waals surface area contributed by atoms with Crippen molar-refractivity contribution in [3.8, 4) is 6.07 Å². The van der Waals surface area contributed by atoms with Crippen LogP contribution in [0.3, 0.4) is 0 Å². The van der Waals surface area contributed by atoms with Crippen LogP contribution in [0.4, 0.5) is 10.1 Å². The number of hydrogen-bond donors (Lipinski definition) is 1. The number of nitriles is 1. The fraction of sp³-hybridized carbons (Fsp3) is 0.500. The number of rotatable bonds is 2. The van der Waals surface area contributed by atoms with Gasteiger partial charge in [-0.05, 0) is 54.9 Å². The average molecular weight is 326 g/mol. The molecule has 19 heavy (non-hydrogen) atoms.